The quantitative estimate of drug-likeness (QED) is 0.600. The second-order valence-electron chi connectivity index (χ2n) is 7.67. The molecule has 0 radical (unpaired) electrons. The number of allylic oxidation sites excluding steroid dienone is 1. The number of aromatic nitrogens is 2. The van der Waals surface area contributed by atoms with E-state index in [9.17, 15) is 0 Å². The molecule has 0 saturated heterocycles. The van der Waals surface area contributed by atoms with Crippen LogP contribution in [0.15, 0.2) is 46.3 Å². The Balaban J connectivity index is 1.35. The van der Waals surface area contributed by atoms with Gasteiger partial charge in [-0.25, -0.2) is 9.98 Å². The van der Waals surface area contributed by atoms with Crippen molar-refractivity contribution in [2.24, 2.45) is 10.7 Å². The van der Waals surface area contributed by atoms with Crippen LogP contribution in [0.25, 0.3) is 5.69 Å². The van der Waals surface area contributed by atoms with Crippen LogP contribution in [0, 0.1) is 12.3 Å². The molecule has 3 aliphatic rings. The largest absolute Gasteiger partial charge is 0.329 e. The van der Waals surface area contributed by atoms with E-state index in [1.165, 1.54) is 36.1 Å². The van der Waals surface area contributed by atoms with Crippen LogP contribution in [-0.2, 0) is 0 Å². The maximum Gasteiger partial charge on any atom is 0.202 e. The molecule has 1 spiro atoms. The van der Waals surface area contributed by atoms with E-state index < -0.39 is 0 Å². The van der Waals surface area contributed by atoms with Gasteiger partial charge in [-0.3, -0.25) is 0 Å². The van der Waals surface area contributed by atoms with Crippen LogP contribution >= 0.6 is 11.8 Å². The lowest BCUT2D eigenvalue weighted by Gasteiger charge is -2.37. The number of hydrogen-bond donors (Lipinski definition) is 4. The zero-order chi connectivity index (χ0) is 19.3. The molecule has 1 aliphatic carbocycles. The number of aliphatic imine (C=N–C) groups is 1. The average molecular weight is 394 g/mol. The minimum Gasteiger partial charge on any atom is -0.329 e. The second-order valence-corrected chi connectivity index (χ2v) is 9.18. The minimum absolute atomic E-state index is 0.306. The molecule has 28 heavy (non-hydrogen) atoms. The molecule has 2 aliphatic heterocycles. The molecule has 7 nitrogen and oxygen atoms in total. The number of rotatable bonds is 3. The van der Waals surface area contributed by atoms with Crippen LogP contribution in [0.1, 0.15) is 36.9 Å². The molecule has 5 rings (SSSR count). The molecule has 1 fully saturated rings. The monoisotopic (exact) mass is 393 g/mol. The van der Waals surface area contributed by atoms with Crippen molar-refractivity contribution < 1.29 is 0 Å². The van der Waals surface area contributed by atoms with Crippen LogP contribution in [0.4, 0.5) is 5.69 Å². The van der Waals surface area contributed by atoms with E-state index in [1.807, 2.05) is 47.6 Å². The Hall–Kier alpha value is -2.58. The van der Waals surface area contributed by atoms with Gasteiger partial charge in [0.05, 0.1) is 17.7 Å². The number of nitrogens with two attached hydrogens (primary N) is 1. The lowest BCUT2D eigenvalue weighted by molar-refractivity contribution is 0.363. The van der Waals surface area contributed by atoms with E-state index in [1.54, 1.807) is 6.33 Å². The number of thioether (sulfide) groups is 1. The fourth-order valence-electron chi connectivity index (χ4n) is 4.04. The van der Waals surface area contributed by atoms with Crippen LogP contribution in [0.5, 0.6) is 0 Å². The Labute approximate surface area is 168 Å². The molecule has 0 bridgehead atoms. The van der Waals surface area contributed by atoms with Crippen LogP contribution in [-0.4, -0.2) is 32.6 Å². The molecule has 2 aromatic rings. The Morgan fingerprint density at radius 1 is 1.43 bits per heavy atom. The molecular formula is C20H23N7S. The van der Waals surface area contributed by atoms with E-state index in [0.29, 0.717) is 10.7 Å². The van der Waals surface area contributed by atoms with Gasteiger partial charge in [0.2, 0.25) is 5.96 Å². The first-order chi connectivity index (χ1) is 13.5. The summed E-state index contributed by atoms with van der Waals surface area (Å²) in [7, 11) is 0. The van der Waals surface area contributed by atoms with Crippen molar-refractivity contribution in [3.63, 3.8) is 0 Å². The molecule has 1 atom stereocenters. The SMILES string of the molecule is Cc1cn(-c2ccc(NC3=NC(N)C4=C(CC5(CCC5)S4)N3)cc2C=N)cn1. The number of imidazole rings is 1. The first-order valence-corrected chi connectivity index (χ1v) is 10.3. The number of aryl methyl sites for hydroxylation is 1. The van der Waals surface area contributed by atoms with Gasteiger partial charge < -0.3 is 26.3 Å². The van der Waals surface area contributed by atoms with Crippen molar-refractivity contribution in [3.8, 4) is 5.69 Å². The number of nitrogens with zero attached hydrogens (tertiary/aromatic N) is 3. The third-order valence-electron chi connectivity index (χ3n) is 5.63. The van der Waals surface area contributed by atoms with Gasteiger partial charge >= 0.3 is 0 Å². The number of guanidine groups is 1. The van der Waals surface area contributed by atoms with Crippen molar-refractivity contribution in [2.45, 2.75) is 43.5 Å². The van der Waals surface area contributed by atoms with Gasteiger partial charge in [-0.1, -0.05) is 6.42 Å². The number of nitrogens with one attached hydrogen (secondary N) is 3. The highest BCUT2D eigenvalue weighted by Crippen LogP contribution is 2.57. The smallest absolute Gasteiger partial charge is 0.202 e. The standard InChI is InChI=1S/C20H23N7S/c1-12-10-27(11-23-12)16-4-3-14(7-13(16)9-21)24-19-25-15-8-20(5-2-6-20)28-17(15)18(22)26-19/h3-4,7,9-11,18,21H,2,5-6,8,22H2,1H3,(H2,24,25,26). The first-order valence-electron chi connectivity index (χ1n) is 9.50. The molecule has 8 heteroatoms. The van der Waals surface area contributed by atoms with Gasteiger partial charge in [-0.05, 0) is 38.0 Å². The summed E-state index contributed by atoms with van der Waals surface area (Å²) < 4.78 is 2.29. The maximum absolute atomic E-state index is 7.79. The van der Waals surface area contributed by atoms with E-state index in [2.05, 4.69) is 20.6 Å². The topological polar surface area (TPSA) is 104 Å². The average Bonchev–Trinajstić information content (AvgIpc) is 3.25. The summed E-state index contributed by atoms with van der Waals surface area (Å²) in [4.78, 5) is 10.1. The summed E-state index contributed by atoms with van der Waals surface area (Å²) in [6.07, 6.45) is 9.64. The summed E-state index contributed by atoms with van der Waals surface area (Å²) in [5, 5.41) is 14.6. The van der Waals surface area contributed by atoms with Crippen LogP contribution < -0.4 is 16.4 Å². The summed E-state index contributed by atoms with van der Waals surface area (Å²) in [6, 6.07) is 5.90. The molecule has 3 heterocycles. The predicted molar refractivity (Wildman–Crippen MR) is 114 cm³/mol. The lowest BCUT2D eigenvalue weighted by atomic mass is 9.81. The van der Waals surface area contributed by atoms with E-state index in [-0.39, 0.29) is 6.17 Å². The van der Waals surface area contributed by atoms with Crippen molar-refractivity contribution in [3.05, 3.63) is 52.6 Å². The van der Waals surface area contributed by atoms with Gasteiger partial charge in [-0.2, -0.15) is 0 Å². The molecule has 1 aromatic heterocycles. The highest BCUT2D eigenvalue weighted by molar-refractivity contribution is 8.04. The number of benzene rings is 1. The number of hydrogen-bond acceptors (Lipinski definition) is 7. The fraction of sp³-hybridized carbons (Fsp3) is 0.350. The van der Waals surface area contributed by atoms with Crippen molar-refractivity contribution in [2.75, 3.05) is 5.32 Å². The Morgan fingerprint density at radius 2 is 2.29 bits per heavy atom. The summed E-state index contributed by atoms with van der Waals surface area (Å²) in [5.74, 6) is 0.672. The van der Waals surface area contributed by atoms with Gasteiger partial charge in [0, 0.05) is 45.4 Å². The lowest BCUT2D eigenvalue weighted by Crippen LogP contribution is -2.39. The fourth-order valence-corrected chi connectivity index (χ4v) is 5.64. The van der Waals surface area contributed by atoms with E-state index in [4.69, 9.17) is 11.1 Å². The summed E-state index contributed by atoms with van der Waals surface area (Å²) in [5.41, 5.74) is 11.1. The Kier molecular flexibility index (Phi) is 4.06. The normalized spacial score (nSPS) is 22.4. The third-order valence-corrected chi connectivity index (χ3v) is 7.32. The number of anilines is 1. The molecule has 0 amide bonds. The molecule has 144 valence electrons. The van der Waals surface area contributed by atoms with Crippen molar-refractivity contribution >= 4 is 29.6 Å². The molecule has 1 aromatic carbocycles. The summed E-state index contributed by atoms with van der Waals surface area (Å²) >= 11 is 1.93. The van der Waals surface area contributed by atoms with Crippen LogP contribution in [0.3, 0.4) is 0 Å². The molecule has 1 unspecified atom stereocenters. The Morgan fingerprint density at radius 3 is 2.96 bits per heavy atom. The molecule has 5 N–H and O–H groups in total. The molecular weight excluding hydrogens is 370 g/mol. The van der Waals surface area contributed by atoms with Crippen molar-refractivity contribution in [1.82, 2.24) is 14.9 Å². The van der Waals surface area contributed by atoms with Gasteiger partial charge in [0.15, 0.2) is 0 Å². The second kappa shape index (κ2) is 6.49. The predicted octanol–water partition coefficient (Wildman–Crippen LogP) is 3.11. The van der Waals surface area contributed by atoms with Gasteiger partial charge in [0.1, 0.15) is 6.17 Å². The zero-order valence-electron chi connectivity index (χ0n) is 15.7. The Bertz CT molecular complexity index is 1020. The van der Waals surface area contributed by atoms with Crippen LogP contribution in [0.2, 0.25) is 0 Å². The van der Waals surface area contributed by atoms with E-state index >= 15 is 0 Å². The van der Waals surface area contributed by atoms with Gasteiger partial charge in [-0.15, -0.1) is 11.8 Å². The van der Waals surface area contributed by atoms with Crippen molar-refractivity contribution in [1.29, 1.82) is 5.41 Å². The first kappa shape index (κ1) is 17.5. The van der Waals surface area contributed by atoms with Gasteiger partial charge in [0.25, 0.3) is 0 Å². The maximum atomic E-state index is 7.79. The van der Waals surface area contributed by atoms with E-state index in [0.717, 1.165) is 29.1 Å². The zero-order valence-corrected chi connectivity index (χ0v) is 16.5. The minimum atomic E-state index is -0.306. The highest BCUT2D eigenvalue weighted by Gasteiger charge is 2.46. The highest BCUT2D eigenvalue weighted by atomic mass is 32.2. The third kappa shape index (κ3) is 2.93. The molecule has 1 saturated carbocycles. The summed E-state index contributed by atoms with van der Waals surface area (Å²) in [6.45, 7) is 1.95.